The van der Waals surface area contributed by atoms with Gasteiger partial charge < -0.3 is 4.74 Å². The van der Waals surface area contributed by atoms with Crippen LogP contribution in [0.5, 0.6) is 0 Å². The molecule has 0 fully saturated rings. The van der Waals surface area contributed by atoms with Crippen LogP contribution >= 0.6 is 0 Å². The topological polar surface area (TPSA) is 44.1 Å². The zero-order valence-electron chi connectivity index (χ0n) is 10.6. The molecule has 0 N–H and O–H groups in total. The monoisotopic (exact) mass is 234 g/mol. The molecule has 0 aliphatic carbocycles. The van der Waals surface area contributed by atoms with Crippen LogP contribution in [-0.2, 0) is 11.2 Å². The van der Waals surface area contributed by atoms with Gasteiger partial charge in [-0.3, -0.25) is 0 Å². The van der Waals surface area contributed by atoms with Crippen LogP contribution in [0.3, 0.4) is 0 Å². The number of ether oxygens (including phenoxy) is 1. The molecule has 92 valence electrons. The number of rotatable bonds is 3. The molecule has 0 spiro atoms. The molecule has 0 aliphatic heterocycles. The van der Waals surface area contributed by atoms with Crippen LogP contribution in [-0.4, -0.2) is 21.2 Å². The summed E-state index contributed by atoms with van der Waals surface area (Å²) >= 11 is 0. The Kier molecular flexibility index (Phi) is 4.33. The lowest BCUT2D eigenvalue weighted by molar-refractivity contribution is 0.0536. The summed E-state index contributed by atoms with van der Waals surface area (Å²) in [5.41, 5.74) is 0.358. The van der Waals surface area contributed by atoms with Crippen molar-refractivity contribution in [3.05, 3.63) is 18.2 Å². The zero-order chi connectivity index (χ0) is 12.9. The third-order valence-electron chi connectivity index (χ3n) is 1.99. The van der Waals surface area contributed by atoms with E-state index >= 15 is 0 Å². The lowest BCUT2D eigenvalue weighted by Crippen LogP contribution is -2.26. The van der Waals surface area contributed by atoms with Gasteiger partial charge in [0.1, 0.15) is 11.9 Å². The van der Waals surface area contributed by atoms with Gasteiger partial charge in [0.25, 0.3) is 0 Å². The summed E-state index contributed by atoms with van der Waals surface area (Å²) in [5, 5.41) is 0. The Morgan fingerprint density at radius 3 is 2.88 bits per heavy atom. The third kappa shape index (κ3) is 4.73. The molecular weight excluding hydrogens is 216 g/mol. The number of carbonyl (C=O) groups is 1. The highest BCUT2D eigenvalue weighted by atomic mass is 16.6. The molecule has 0 unspecified atom stereocenters. The van der Waals surface area contributed by atoms with E-state index in [4.69, 9.17) is 11.2 Å². The number of hydrogen-bond donors (Lipinski definition) is 0. The van der Waals surface area contributed by atoms with Crippen molar-refractivity contribution in [1.82, 2.24) is 9.55 Å². The van der Waals surface area contributed by atoms with Crippen molar-refractivity contribution in [2.75, 3.05) is 0 Å². The number of carbonyl (C=O) groups excluding carboxylic acids is 1. The van der Waals surface area contributed by atoms with Crippen LogP contribution in [0.15, 0.2) is 12.5 Å². The number of aryl methyl sites for hydroxylation is 1. The summed E-state index contributed by atoms with van der Waals surface area (Å²) in [6.45, 7) is 5.49. The van der Waals surface area contributed by atoms with Gasteiger partial charge in [0, 0.05) is 12.6 Å². The van der Waals surface area contributed by atoms with Crippen LogP contribution < -0.4 is 0 Å². The SMILES string of the molecule is C#CCCCc1cn(C(=O)OC(C)(C)C)cn1. The normalized spacial score (nSPS) is 10.9. The fraction of sp³-hybridized carbons (Fsp3) is 0.538. The molecule has 0 saturated heterocycles. The highest BCUT2D eigenvalue weighted by Crippen LogP contribution is 2.10. The molecular formula is C13H18N2O2. The summed E-state index contributed by atoms with van der Waals surface area (Å²) in [6.07, 6.45) is 10.3. The van der Waals surface area contributed by atoms with Crippen molar-refractivity contribution in [3.63, 3.8) is 0 Å². The summed E-state index contributed by atoms with van der Waals surface area (Å²) in [6, 6.07) is 0. The van der Waals surface area contributed by atoms with Crippen molar-refractivity contribution >= 4 is 6.09 Å². The van der Waals surface area contributed by atoms with E-state index in [1.165, 1.54) is 10.9 Å². The first-order chi connectivity index (χ1) is 7.92. The van der Waals surface area contributed by atoms with Gasteiger partial charge in [0.2, 0.25) is 0 Å². The first-order valence-corrected chi connectivity index (χ1v) is 5.62. The maximum absolute atomic E-state index is 11.7. The number of unbranched alkanes of at least 4 members (excludes halogenated alkanes) is 1. The van der Waals surface area contributed by atoms with Gasteiger partial charge in [-0.2, -0.15) is 0 Å². The van der Waals surface area contributed by atoms with Gasteiger partial charge in [-0.05, 0) is 33.6 Å². The van der Waals surface area contributed by atoms with E-state index in [1.54, 1.807) is 6.20 Å². The molecule has 1 rings (SSSR count). The van der Waals surface area contributed by atoms with Crippen LogP contribution in [0.4, 0.5) is 4.79 Å². The lowest BCUT2D eigenvalue weighted by Gasteiger charge is -2.19. The maximum atomic E-state index is 11.7. The molecule has 0 aliphatic rings. The highest BCUT2D eigenvalue weighted by molar-refractivity contribution is 5.70. The number of aromatic nitrogens is 2. The van der Waals surface area contributed by atoms with Crippen LogP contribution in [0.2, 0.25) is 0 Å². The quantitative estimate of drug-likeness (QED) is 0.596. The smallest absolute Gasteiger partial charge is 0.419 e. The second-order valence-corrected chi connectivity index (χ2v) is 4.81. The first-order valence-electron chi connectivity index (χ1n) is 5.62. The minimum Gasteiger partial charge on any atom is -0.443 e. The molecule has 0 aromatic carbocycles. The van der Waals surface area contributed by atoms with Gasteiger partial charge in [-0.25, -0.2) is 14.3 Å². The Balaban J connectivity index is 2.56. The maximum Gasteiger partial charge on any atom is 0.419 e. The molecule has 0 amide bonds. The largest absolute Gasteiger partial charge is 0.443 e. The Bertz CT molecular complexity index is 421. The average Bonchev–Trinajstić information content (AvgIpc) is 2.64. The standard InChI is InChI=1S/C13H18N2O2/c1-5-6-7-8-11-9-15(10-14-11)12(16)17-13(2,3)4/h1,9-10H,6-8H2,2-4H3. The fourth-order valence-corrected chi connectivity index (χ4v) is 1.28. The van der Waals surface area contributed by atoms with Gasteiger partial charge in [0.05, 0.1) is 5.69 Å². The van der Waals surface area contributed by atoms with E-state index in [2.05, 4.69) is 10.9 Å². The molecule has 0 saturated carbocycles. The fourth-order valence-electron chi connectivity index (χ4n) is 1.28. The second-order valence-electron chi connectivity index (χ2n) is 4.81. The molecule has 4 nitrogen and oxygen atoms in total. The molecule has 1 heterocycles. The molecule has 0 bridgehead atoms. The van der Waals surface area contributed by atoms with Gasteiger partial charge in [0.15, 0.2) is 0 Å². The zero-order valence-corrected chi connectivity index (χ0v) is 10.6. The second kappa shape index (κ2) is 5.53. The summed E-state index contributed by atoms with van der Waals surface area (Å²) < 4.78 is 6.57. The van der Waals surface area contributed by atoms with Crippen molar-refractivity contribution in [2.45, 2.75) is 45.6 Å². The van der Waals surface area contributed by atoms with Crippen molar-refractivity contribution in [3.8, 4) is 12.3 Å². The predicted octanol–water partition coefficient (Wildman–Crippen LogP) is 2.62. The van der Waals surface area contributed by atoms with Crippen molar-refractivity contribution < 1.29 is 9.53 Å². The lowest BCUT2D eigenvalue weighted by atomic mass is 10.2. The summed E-state index contributed by atoms with van der Waals surface area (Å²) in [4.78, 5) is 15.8. The van der Waals surface area contributed by atoms with E-state index in [0.29, 0.717) is 0 Å². The van der Waals surface area contributed by atoms with E-state index in [0.717, 1.165) is 25.0 Å². The Morgan fingerprint density at radius 2 is 2.29 bits per heavy atom. The molecule has 0 radical (unpaired) electrons. The Labute approximate surface area is 102 Å². The summed E-state index contributed by atoms with van der Waals surface area (Å²) in [7, 11) is 0. The Hall–Kier alpha value is -1.76. The van der Waals surface area contributed by atoms with Crippen LogP contribution in [0.1, 0.15) is 39.3 Å². The van der Waals surface area contributed by atoms with Crippen LogP contribution in [0, 0.1) is 12.3 Å². The van der Waals surface area contributed by atoms with E-state index in [1.807, 2.05) is 20.8 Å². The van der Waals surface area contributed by atoms with Crippen LogP contribution in [0.25, 0.3) is 0 Å². The predicted molar refractivity (Wildman–Crippen MR) is 65.6 cm³/mol. The Morgan fingerprint density at radius 1 is 1.59 bits per heavy atom. The van der Waals surface area contributed by atoms with E-state index in [9.17, 15) is 4.79 Å². The number of imidazole rings is 1. The first kappa shape index (κ1) is 13.3. The van der Waals surface area contributed by atoms with Gasteiger partial charge in [-0.15, -0.1) is 12.3 Å². The van der Waals surface area contributed by atoms with Gasteiger partial charge in [-0.1, -0.05) is 0 Å². The number of nitrogens with zero attached hydrogens (tertiary/aromatic N) is 2. The average molecular weight is 234 g/mol. The van der Waals surface area contributed by atoms with E-state index in [-0.39, 0.29) is 0 Å². The van der Waals surface area contributed by atoms with Crippen molar-refractivity contribution in [1.29, 1.82) is 0 Å². The molecule has 1 aromatic rings. The van der Waals surface area contributed by atoms with Crippen molar-refractivity contribution in [2.24, 2.45) is 0 Å². The molecule has 0 atom stereocenters. The minimum absolute atomic E-state index is 0.409. The minimum atomic E-state index is -0.495. The number of terminal acetylenes is 1. The molecule has 17 heavy (non-hydrogen) atoms. The highest BCUT2D eigenvalue weighted by Gasteiger charge is 2.17. The van der Waals surface area contributed by atoms with E-state index < -0.39 is 11.7 Å². The third-order valence-corrected chi connectivity index (χ3v) is 1.99. The summed E-state index contributed by atoms with van der Waals surface area (Å²) in [5.74, 6) is 2.57. The molecule has 1 aromatic heterocycles. The number of hydrogen-bond acceptors (Lipinski definition) is 3. The van der Waals surface area contributed by atoms with Gasteiger partial charge >= 0.3 is 6.09 Å². The molecule has 4 heteroatoms.